The molecule has 0 unspecified atom stereocenters. The van der Waals surface area contributed by atoms with E-state index in [-0.39, 0.29) is 23.8 Å². The maximum absolute atomic E-state index is 12.8. The van der Waals surface area contributed by atoms with Crippen LogP contribution in [0.3, 0.4) is 0 Å². The molecule has 0 saturated heterocycles. The van der Waals surface area contributed by atoms with Gasteiger partial charge in [0.05, 0.1) is 23.0 Å². The molecule has 1 aliphatic rings. The van der Waals surface area contributed by atoms with Crippen LogP contribution in [0.2, 0.25) is 0 Å². The van der Waals surface area contributed by atoms with Gasteiger partial charge in [0, 0.05) is 18.4 Å². The van der Waals surface area contributed by atoms with Crippen LogP contribution in [0, 0.1) is 0 Å². The molecule has 0 spiro atoms. The minimum atomic E-state index is -1.02. The topological polar surface area (TPSA) is 70.0 Å². The number of anilines is 1. The largest absolute Gasteiger partial charge is 0.478 e. The lowest BCUT2D eigenvalue weighted by molar-refractivity contribution is 0.0697. The van der Waals surface area contributed by atoms with Gasteiger partial charge in [-0.15, -0.1) is 0 Å². The summed E-state index contributed by atoms with van der Waals surface area (Å²) in [5.41, 5.74) is 3.13. The summed E-state index contributed by atoms with van der Waals surface area (Å²) in [5, 5.41) is 16.0. The lowest BCUT2D eigenvalue weighted by atomic mass is 9.97. The highest BCUT2D eigenvalue weighted by atomic mass is 16.4. The van der Waals surface area contributed by atoms with Gasteiger partial charge in [-0.1, -0.05) is 72.8 Å². The van der Waals surface area contributed by atoms with Gasteiger partial charge in [0.25, 0.3) is 0 Å². The van der Waals surface area contributed by atoms with Crippen LogP contribution < -0.4 is 5.01 Å². The van der Waals surface area contributed by atoms with Crippen molar-refractivity contribution in [3.05, 3.63) is 102 Å². The minimum Gasteiger partial charge on any atom is -0.478 e. The lowest BCUT2D eigenvalue weighted by Gasteiger charge is -2.24. The van der Waals surface area contributed by atoms with Crippen molar-refractivity contribution in [2.45, 2.75) is 18.9 Å². The van der Waals surface area contributed by atoms with Crippen LogP contribution >= 0.6 is 0 Å². The molecule has 144 valence electrons. The fourth-order valence-electron chi connectivity index (χ4n) is 3.59. The highest BCUT2D eigenvalue weighted by molar-refractivity contribution is 6.05. The molecule has 5 heteroatoms. The molecule has 3 aromatic carbocycles. The first-order valence-electron chi connectivity index (χ1n) is 9.46. The van der Waals surface area contributed by atoms with Crippen molar-refractivity contribution >= 4 is 23.2 Å². The average molecular weight is 384 g/mol. The Morgan fingerprint density at radius 2 is 1.52 bits per heavy atom. The summed E-state index contributed by atoms with van der Waals surface area (Å²) in [6.45, 7) is 0. The Bertz CT molecular complexity index is 1060. The summed E-state index contributed by atoms with van der Waals surface area (Å²) >= 11 is 0. The SMILES string of the molecule is O=C(C[C@H]1CC(c2ccccc2)=NN1c1ccccc1C(=O)O)c1ccccc1. The van der Waals surface area contributed by atoms with E-state index in [9.17, 15) is 14.7 Å². The normalized spacial score (nSPS) is 15.8. The Labute approximate surface area is 168 Å². The van der Waals surface area contributed by atoms with Crippen LogP contribution in [-0.4, -0.2) is 28.6 Å². The molecule has 1 heterocycles. The lowest BCUT2D eigenvalue weighted by Crippen LogP contribution is -2.30. The Kier molecular flexibility index (Phi) is 5.20. The molecule has 1 aliphatic heterocycles. The molecule has 0 fully saturated rings. The second-order valence-corrected chi connectivity index (χ2v) is 6.93. The van der Waals surface area contributed by atoms with Gasteiger partial charge in [0.15, 0.2) is 5.78 Å². The van der Waals surface area contributed by atoms with E-state index >= 15 is 0 Å². The Balaban J connectivity index is 1.70. The average Bonchev–Trinajstić information content (AvgIpc) is 3.18. The number of hydrazone groups is 1. The number of hydrogen-bond donors (Lipinski definition) is 1. The molecule has 0 saturated carbocycles. The third-order valence-electron chi connectivity index (χ3n) is 5.01. The molecule has 29 heavy (non-hydrogen) atoms. The first kappa shape index (κ1) is 18.6. The molecule has 1 atom stereocenters. The van der Waals surface area contributed by atoms with E-state index in [1.807, 2.05) is 48.5 Å². The second kappa shape index (κ2) is 8.10. The Morgan fingerprint density at radius 3 is 2.21 bits per heavy atom. The van der Waals surface area contributed by atoms with E-state index < -0.39 is 5.97 Å². The number of benzene rings is 3. The number of ketones is 1. The van der Waals surface area contributed by atoms with Gasteiger partial charge < -0.3 is 5.11 Å². The minimum absolute atomic E-state index is 0.0120. The van der Waals surface area contributed by atoms with Crippen LogP contribution in [0.4, 0.5) is 5.69 Å². The van der Waals surface area contributed by atoms with Crippen molar-refractivity contribution in [3.8, 4) is 0 Å². The predicted octanol–water partition coefficient (Wildman–Crippen LogP) is 4.64. The van der Waals surface area contributed by atoms with E-state index in [0.717, 1.165) is 11.3 Å². The maximum Gasteiger partial charge on any atom is 0.337 e. The Morgan fingerprint density at radius 1 is 0.897 bits per heavy atom. The van der Waals surface area contributed by atoms with Crippen LogP contribution in [-0.2, 0) is 0 Å². The molecule has 3 aromatic rings. The smallest absolute Gasteiger partial charge is 0.337 e. The molecule has 0 amide bonds. The Hall–Kier alpha value is -3.73. The van der Waals surface area contributed by atoms with Crippen molar-refractivity contribution < 1.29 is 14.7 Å². The summed E-state index contributed by atoms with van der Waals surface area (Å²) in [6, 6.07) is 25.4. The number of carboxylic acid groups (broad SMARTS) is 1. The fourth-order valence-corrected chi connectivity index (χ4v) is 3.59. The number of Topliss-reactive ketones (excluding diaryl/α,β-unsaturated/α-hetero) is 1. The quantitative estimate of drug-likeness (QED) is 0.629. The molecular formula is C24H20N2O3. The third-order valence-corrected chi connectivity index (χ3v) is 5.01. The van der Waals surface area contributed by atoms with Crippen LogP contribution in [0.15, 0.2) is 90.0 Å². The van der Waals surface area contributed by atoms with Crippen molar-refractivity contribution in [3.63, 3.8) is 0 Å². The number of aromatic carboxylic acids is 1. The highest BCUT2D eigenvalue weighted by Crippen LogP contribution is 2.31. The van der Waals surface area contributed by atoms with Crippen molar-refractivity contribution in [2.24, 2.45) is 5.10 Å². The third kappa shape index (κ3) is 3.94. The molecule has 0 aromatic heterocycles. The van der Waals surface area contributed by atoms with Gasteiger partial charge in [-0.2, -0.15) is 5.10 Å². The zero-order valence-corrected chi connectivity index (χ0v) is 15.7. The van der Waals surface area contributed by atoms with Crippen LogP contribution in [0.25, 0.3) is 0 Å². The fraction of sp³-hybridized carbons (Fsp3) is 0.125. The van der Waals surface area contributed by atoms with Gasteiger partial charge >= 0.3 is 5.97 Å². The molecule has 0 radical (unpaired) electrons. The summed E-state index contributed by atoms with van der Waals surface area (Å²) in [7, 11) is 0. The number of carbonyl (C=O) groups is 2. The second-order valence-electron chi connectivity index (χ2n) is 6.93. The summed E-state index contributed by atoms with van der Waals surface area (Å²) in [6.07, 6.45) is 0.814. The van der Waals surface area contributed by atoms with E-state index in [1.165, 1.54) is 0 Å². The maximum atomic E-state index is 12.8. The van der Waals surface area contributed by atoms with Gasteiger partial charge in [-0.05, 0) is 17.7 Å². The summed E-state index contributed by atoms with van der Waals surface area (Å²) in [4.78, 5) is 24.6. The highest BCUT2D eigenvalue weighted by Gasteiger charge is 2.32. The number of nitrogens with zero attached hydrogens (tertiary/aromatic N) is 2. The van der Waals surface area contributed by atoms with Crippen molar-refractivity contribution in [2.75, 3.05) is 5.01 Å². The van der Waals surface area contributed by atoms with Crippen LogP contribution in [0.1, 0.15) is 39.1 Å². The molecule has 0 aliphatic carbocycles. The van der Waals surface area contributed by atoms with Gasteiger partial charge in [-0.3, -0.25) is 9.80 Å². The van der Waals surface area contributed by atoms with E-state index in [2.05, 4.69) is 0 Å². The van der Waals surface area contributed by atoms with E-state index in [4.69, 9.17) is 5.10 Å². The molecule has 5 nitrogen and oxygen atoms in total. The molecule has 0 bridgehead atoms. The van der Waals surface area contributed by atoms with E-state index in [1.54, 1.807) is 41.4 Å². The predicted molar refractivity (Wildman–Crippen MR) is 113 cm³/mol. The number of rotatable bonds is 6. The summed E-state index contributed by atoms with van der Waals surface area (Å²) < 4.78 is 0. The van der Waals surface area contributed by atoms with Gasteiger partial charge in [0.2, 0.25) is 0 Å². The van der Waals surface area contributed by atoms with Crippen LogP contribution in [0.5, 0.6) is 0 Å². The molecular weight excluding hydrogens is 364 g/mol. The zero-order chi connectivity index (χ0) is 20.2. The first-order chi connectivity index (χ1) is 14.1. The van der Waals surface area contributed by atoms with Crippen molar-refractivity contribution in [1.82, 2.24) is 0 Å². The number of hydrogen-bond acceptors (Lipinski definition) is 4. The molecule has 4 rings (SSSR count). The summed E-state index contributed by atoms with van der Waals surface area (Å²) in [5.74, 6) is -1.00. The number of carboxylic acids is 1. The number of para-hydroxylation sites is 1. The van der Waals surface area contributed by atoms with Gasteiger partial charge in [0.1, 0.15) is 0 Å². The number of carbonyl (C=O) groups excluding carboxylic acids is 1. The zero-order valence-electron chi connectivity index (χ0n) is 15.7. The standard InChI is InChI=1S/C24H20N2O3/c27-23(18-11-5-2-6-12-18)16-19-15-21(17-9-3-1-4-10-17)25-26(19)22-14-8-7-13-20(22)24(28)29/h1-14,19H,15-16H2,(H,28,29)/t19-/m1/s1. The van der Waals surface area contributed by atoms with Crippen molar-refractivity contribution in [1.29, 1.82) is 0 Å². The van der Waals surface area contributed by atoms with Gasteiger partial charge in [-0.25, -0.2) is 4.79 Å². The molecule has 1 N–H and O–H groups in total. The monoisotopic (exact) mass is 384 g/mol. The first-order valence-corrected chi connectivity index (χ1v) is 9.46. The van der Waals surface area contributed by atoms with E-state index in [0.29, 0.717) is 17.7 Å².